The third-order valence-electron chi connectivity index (χ3n) is 3.71. The van der Waals surface area contributed by atoms with E-state index in [4.69, 9.17) is 4.74 Å². The topological polar surface area (TPSA) is 102 Å². The minimum absolute atomic E-state index is 0.111. The van der Waals surface area contributed by atoms with Crippen LogP contribution in [0, 0.1) is 10.1 Å². The molecule has 2 rings (SSSR count). The van der Waals surface area contributed by atoms with Crippen LogP contribution in [-0.2, 0) is 9.53 Å². The number of esters is 1. The summed E-state index contributed by atoms with van der Waals surface area (Å²) in [5.74, 6) is -1.16. The summed E-state index contributed by atoms with van der Waals surface area (Å²) in [4.78, 5) is 36.7. The van der Waals surface area contributed by atoms with Gasteiger partial charge >= 0.3 is 5.97 Å². The Hall–Kier alpha value is -2.64. The van der Waals surface area contributed by atoms with Gasteiger partial charge in [-0.1, -0.05) is 0 Å². The number of non-ortho nitro benzene ring substituents is 1. The monoisotopic (exact) mass is 349 g/mol. The standard InChI is InChI=1S/C17H23N3O5/c1-17(2,3)18-15(21)11-25-16(22)13-10-12(20(23)24)6-7-14(13)19-8-4-5-9-19/h6-7,10H,4-5,8-9,11H2,1-3H3,(H,18,21). The number of nitro benzene ring substituents is 1. The summed E-state index contributed by atoms with van der Waals surface area (Å²) in [5, 5.41) is 13.7. The number of nitro groups is 1. The fourth-order valence-corrected chi connectivity index (χ4v) is 2.70. The number of hydrogen-bond acceptors (Lipinski definition) is 6. The molecule has 8 heteroatoms. The molecule has 1 aromatic carbocycles. The zero-order valence-corrected chi connectivity index (χ0v) is 14.7. The van der Waals surface area contributed by atoms with Gasteiger partial charge in [0.2, 0.25) is 0 Å². The summed E-state index contributed by atoms with van der Waals surface area (Å²) < 4.78 is 5.07. The van der Waals surface area contributed by atoms with Gasteiger partial charge < -0.3 is 15.0 Å². The molecule has 1 aliphatic rings. The van der Waals surface area contributed by atoms with Crippen molar-refractivity contribution < 1.29 is 19.2 Å². The highest BCUT2D eigenvalue weighted by atomic mass is 16.6. The van der Waals surface area contributed by atoms with Gasteiger partial charge in [0, 0.05) is 30.8 Å². The van der Waals surface area contributed by atoms with E-state index in [-0.39, 0.29) is 11.3 Å². The number of carbonyl (C=O) groups is 2. The zero-order valence-electron chi connectivity index (χ0n) is 14.7. The molecule has 0 aromatic heterocycles. The first-order valence-electron chi connectivity index (χ1n) is 8.19. The number of ether oxygens (including phenoxy) is 1. The molecule has 1 fully saturated rings. The van der Waals surface area contributed by atoms with Crippen molar-refractivity contribution in [2.45, 2.75) is 39.2 Å². The summed E-state index contributed by atoms with van der Waals surface area (Å²) in [6.45, 7) is 6.58. The van der Waals surface area contributed by atoms with Crippen molar-refractivity contribution >= 4 is 23.3 Å². The average Bonchev–Trinajstić information content (AvgIpc) is 3.04. The van der Waals surface area contributed by atoms with Crippen molar-refractivity contribution in [3.8, 4) is 0 Å². The molecule has 1 aromatic rings. The molecule has 136 valence electrons. The minimum Gasteiger partial charge on any atom is -0.452 e. The number of hydrogen-bond donors (Lipinski definition) is 1. The minimum atomic E-state index is -0.741. The average molecular weight is 349 g/mol. The maximum atomic E-state index is 12.4. The molecule has 8 nitrogen and oxygen atoms in total. The SMILES string of the molecule is CC(C)(C)NC(=O)COC(=O)c1cc([N+](=O)[O-])ccc1N1CCCC1. The van der Waals surface area contributed by atoms with Gasteiger partial charge in [-0.25, -0.2) is 4.79 Å². The molecule has 0 spiro atoms. The number of nitrogens with zero attached hydrogens (tertiary/aromatic N) is 2. The Kier molecular flexibility index (Phi) is 5.61. The summed E-state index contributed by atoms with van der Waals surface area (Å²) in [7, 11) is 0. The van der Waals surface area contributed by atoms with Gasteiger partial charge in [0.25, 0.3) is 11.6 Å². The van der Waals surface area contributed by atoms with Crippen LogP contribution in [0.25, 0.3) is 0 Å². The molecule has 1 heterocycles. The highest BCUT2D eigenvalue weighted by Crippen LogP contribution is 2.28. The largest absolute Gasteiger partial charge is 0.452 e. The van der Waals surface area contributed by atoms with Crippen molar-refractivity contribution in [2.24, 2.45) is 0 Å². The molecule has 1 N–H and O–H groups in total. The number of amides is 1. The second kappa shape index (κ2) is 7.50. The molecule has 0 aliphatic carbocycles. The second-order valence-electron chi connectivity index (χ2n) is 7.03. The first-order chi connectivity index (χ1) is 11.7. The van der Waals surface area contributed by atoms with E-state index in [1.54, 1.807) is 6.07 Å². The van der Waals surface area contributed by atoms with Gasteiger partial charge in [-0.3, -0.25) is 14.9 Å². The Labute approximate surface area is 146 Å². The lowest BCUT2D eigenvalue weighted by atomic mass is 10.1. The highest BCUT2D eigenvalue weighted by Gasteiger charge is 2.24. The number of benzene rings is 1. The van der Waals surface area contributed by atoms with Gasteiger partial charge in [0.15, 0.2) is 6.61 Å². The molecular weight excluding hydrogens is 326 g/mol. The normalized spacial score (nSPS) is 14.3. The van der Waals surface area contributed by atoms with Crippen LogP contribution in [0.3, 0.4) is 0 Å². The van der Waals surface area contributed by atoms with Crippen LogP contribution in [-0.4, -0.2) is 42.0 Å². The van der Waals surface area contributed by atoms with Crippen LogP contribution < -0.4 is 10.2 Å². The number of carbonyl (C=O) groups excluding carboxylic acids is 2. The van der Waals surface area contributed by atoms with E-state index in [1.165, 1.54) is 12.1 Å². The summed E-state index contributed by atoms with van der Waals surface area (Å²) in [6, 6.07) is 4.14. The van der Waals surface area contributed by atoms with E-state index in [9.17, 15) is 19.7 Å². The molecule has 0 bridgehead atoms. The predicted molar refractivity (Wildman–Crippen MR) is 92.7 cm³/mol. The fraction of sp³-hybridized carbons (Fsp3) is 0.529. The van der Waals surface area contributed by atoms with Crippen LogP contribution in [0.5, 0.6) is 0 Å². The predicted octanol–water partition coefficient (Wildman–Crippen LogP) is 2.27. The molecular formula is C17H23N3O5. The van der Waals surface area contributed by atoms with Gasteiger partial charge in [0.05, 0.1) is 16.2 Å². The molecule has 1 amide bonds. The van der Waals surface area contributed by atoms with E-state index in [1.807, 2.05) is 25.7 Å². The molecule has 0 unspecified atom stereocenters. The quantitative estimate of drug-likeness (QED) is 0.497. The lowest BCUT2D eigenvalue weighted by Crippen LogP contribution is -2.42. The number of rotatable bonds is 5. The highest BCUT2D eigenvalue weighted by molar-refractivity contribution is 5.97. The lowest BCUT2D eigenvalue weighted by molar-refractivity contribution is -0.384. The molecule has 0 radical (unpaired) electrons. The Morgan fingerprint density at radius 1 is 1.28 bits per heavy atom. The van der Waals surface area contributed by atoms with Gasteiger partial charge in [-0.2, -0.15) is 0 Å². The summed E-state index contributed by atoms with van der Waals surface area (Å²) in [5.41, 5.74) is 0.0912. The lowest BCUT2D eigenvalue weighted by Gasteiger charge is -2.21. The van der Waals surface area contributed by atoms with Crippen molar-refractivity contribution in [1.29, 1.82) is 0 Å². The Morgan fingerprint density at radius 3 is 2.48 bits per heavy atom. The Morgan fingerprint density at radius 2 is 1.92 bits per heavy atom. The maximum absolute atomic E-state index is 12.4. The summed E-state index contributed by atoms with van der Waals surface area (Å²) in [6.07, 6.45) is 2.00. The van der Waals surface area contributed by atoms with Crippen LogP contribution in [0.15, 0.2) is 18.2 Å². The zero-order chi connectivity index (χ0) is 18.6. The smallest absolute Gasteiger partial charge is 0.341 e. The van der Waals surface area contributed by atoms with E-state index in [0.29, 0.717) is 5.69 Å². The van der Waals surface area contributed by atoms with Crippen molar-refractivity contribution in [3.63, 3.8) is 0 Å². The van der Waals surface area contributed by atoms with E-state index < -0.39 is 28.9 Å². The first kappa shape index (κ1) is 18.7. The first-order valence-corrected chi connectivity index (χ1v) is 8.19. The van der Waals surface area contributed by atoms with Crippen LogP contribution in [0.1, 0.15) is 44.0 Å². The molecule has 0 saturated carbocycles. The molecule has 1 aliphatic heterocycles. The van der Waals surface area contributed by atoms with Crippen molar-refractivity contribution in [3.05, 3.63) is 33.9 Å². The molecule has 0 atom stereocenters. The maximum Gasteiger partial charge on any atom is 0.341 e. The molecule has 1 saturated heterocycles. The van der Waals surface area contributed by atoms with E-state index in [0.717, 1.165) is 25.9 Å². The van der Waals surface area contributed by atoms with Gasteiger partial charge in [-0.15, -0.1) is 0 Å². The van der Waals surface area contributed by atoms with Gasteiger partial charge in [-0.05, 0) is 39.7 Å². The van der Waals surface area contributed by atoms with Gasteiger partial charge in [0.1, 0.15) is 0 Å². The van der Waals surface area contributed by atoms with Crippen LogP contribution >= 0.6 is 0 Å². The van der Waals surface area contributed by atoms with Crippen LogP contribution in [0.2, 0.25) is 0 Å². The number of anilines is 1. The van der Waals surface area contributed by atoms with E-state index in [2.05, 4.69) is 5.32 Å². The number of nitrogens with one attached hydrogen (secondary N) is 1. The van der Waals surface area contributed by atoms with Crippen molar-refractivity contribution in [2.75, 3.05) is 24.6 Å². The summed E-state index contributed by atoms with van der Waals surface area (Å²) >= 11 is 0. The Bertz CT molecular complexity index is 675. The fourth-order valence-electron chi connectivity index (χ4n) is 2.70. The third-order valence-corrected chi connectivity index (χ3v) is 3.71. The van der Waals surface area contributed by atoms with E-state index >= 15 is 0 Å². The van der Waals surface area contributed by atoms with Crippen molar-refractivity contribution in [1.82, 2.24) is 5.32 Å². The molecule has 25 heavy (non-hydrogen) atoms. The Balaban J connectivity index is 2.16. The van der Waals surface area contributed by atoms with Crippen LogP contribution in [0.4, 0.5) is 11.4 Å². The second-order valence-corrected chi connectivity index (χ2v) is 7.03. The third kappa shape index (κ3) is 5.17.